The second-order valence-electron chi connectivity index (χ2n) is 5.17. The number of sulfonamides is 1. The van der Waals surface area contributed by atoms with Gasteiger partial charge in [-0.25, -0.2) is 8.42 Å². The van der Waals surface area contributed by atoms with E-state index in [2.05, 4.69) is 5.32 Å². The van der Waals surface area contributed by atoms with Gasteiger partial charge in [-0.3, -0.25) is 9.10 Å². The topological polar surface area (TPSA) is 66.5 Å². The summed E-state index contributed by atoms with van der Waals surface area (Å²) in [4.78, 5) is 12.6. The molecule has 122 valence electrons. The lowest BCUT2D eigenvalue weighted by molar-refractivity contribution is -0.117. The van der Waals surface area contributed by atoms with Crippen LogP contribution in [0.5, 0.6) is 0 Å². The number of hydrogen-bond donors (Lipinski definition) is 1. The monoisotopic (exact) mass is 332 g/mol. The van der Waals surface area contributed by atoms with Crippen LogP contribution in [0.4, 0.5) is 11.4 Å². The molecule has 0 saturated carbocycles. The molecule has 0 aliphatic rings. The molecule has 0 unspecified atom stereocenters. The summed E-state index contributed by atoms with van der Waals surface area (Å²) in [6.07, 6.45) is 1.47. The first-order chi connectivity index (χ1) is 10.9. The van der Waals surface area contributed by atoms with E-state index in [1.807, 2.05) is 18.2 Å². The van der Waals surface area contributed by atoms with E-state index in [1.165, 1.54) is 4.31 Å². The average molecular weight is 332 g/mol. The number of para-hydroxylation sites is 2. The van der Waals surface area contributed by atoms with Crippen LogP contribution in [0.15, 0.2) is 60.7 Å². The number of nitrogens with zero attached hydrogens (tertiary/aromatic N) is 1. The molecule has 0 saturated heterocycles. The Balaban J connectivity index is 2.33. The zero-order valence-electron chi connectivity index (χ0n) is 13.1. The zero-order chi connectivity index (χ0) is 16.9. The molecule has 0 spiro atoms. The molecule has 1 N–H and O–H groups in total. The maximum absolute atomic E-state index is 12.6. The highest BCUT2D eigenvalue weighted by Gasteiger charge is 2.31. The summed E-state index contributed by atoms with van der Waals surface area (Å²) in [5.74, 6) is -0.354. The molecule has 6 heteroatoms. The fourth-order valence-electron chi connectivity index (χ4n) is 2.38. The largest absolute Gasteiger partial charge is 0.324 e. The van der Waals surface area contributed by atoms with Crippen LogP contribution in [-0.4, -0.2) is 26.6 Å². The minimum atomic E-state index is -3.59. The molecule has 0 fully saturated rings. The van der Waals surface area contributed by atoms with Crippen LogP contribution in [-0.2, 0) is 14.8 Å². The van der Waals surface area contributed by atoms with Crippen molar-refractivity contribution in [2.24, 2.45) is 0 Å². The molecule has 5 nitrogen and oxygen atoms in total. The van der Waals surface area contributed by atoms with Crippen molar-refractivity contribution in [1.82, 2.24) is 0 Å². The first-order valence-electron chi connectivity index (χ1n) is 7.34. The van der Waals surface area contributed by atoms with Gasteiger partial charge in [-0.1, -0.05) is 43.3 Å². The second kappa shape index (κ2) is 7.28. The average Bonchev–Trinajstić information content (AvgIpc) is 2.53. The molecule has 0 heterocycles. The zero-order valence-corrected chi connectivity index (χ0v) is 14.0. The summed E-state index contributed by atoms with van der Waals surface area (Å²) in [7, 11) is -3.59. The second-order valence-corrected chi connectivity index (χ2v) is 7.03. The van der Waals surface area contributed by atoms with Gasteiger partial charge in [-0.05, 0) is 30.7 Å². The highest BCUT2D eigenvalue weighted by molar-refractivity contribution is 7.92. The lowest BCUT2D eigenvalue weighted by Crippen LogP contribution is -2.46. The van der Waals surface area contributed by atoms with Crippen molar-refractivity contribution in [2.75, 3.05) is 15.9 Å². The van der Waals surface area contributed by atoms with E-state index in [-0.39, 0.29) is 5.91 Å². The van der Waals surface area contributed by atoms with Crippen molar-refractivity contribution in [3.05, 3.63) is 60.7 Å². The van der Waals surface area contributed by atoms with E-state index < -0.39 is 16.1 Å². The van der Waals surface area contributed by atoms with Gasteiger partial charge in [0.05, 0.1) is 11.9 Å². The molecule has 2 aromatic carbocycles. The summed E-state index contributed by atoms with van der Waals surface area (Å²) < 4.78 is 25.6. The van der Waals surface area contributed by atoms with Crippen LogP contribution >= 0.6 is 0 Å². The van der Waals surface area contributed by atoms with Crippen molar-refractivity contribution >= 4 is 27.3 Å². The Morgan fingerprint density at radius 3 is 2.04 bits per heavy atom. The van der Waals surface area contributed by atoms with Crippen LogP contribution in [0.3, 0.4) is 0 Å². The summed E-state index contributed by atoms with van der Waals surface area (Å²) in [6, 6.07) is 16.8. The third-order valence-electron chi connectivity index (χ3n) is 3.38. The van der Waals surface area contributed by atoms with Gasteiger partial charge in [0.2, 0.25) is 15.9 Å². The number of carbonyl (C=O) groups is 1. The van der Waals surface area contributed by atoms with E-state index >= 15 is 0 Å². The van der Waals surface area contributed by atoms with Crippen LogP contribution in [0.2, 0.25) is 0 Å². The molecule has 0 aliphatic carbocycles. The molecule has 0 aliphatic heterocycles. The predicted octanol–water partition coefficient (Wildman–Crippen LogP) is 2.87. The third kappa shape index (κ3) is 4.32. The smallest absolute Gasteiger partial charge is 0.248 e. The van der Waals surface area contributed by atoms with Gasteiger partial charge in [-0.15, -0.1) is 0 Å². The van der Waals surface area contributed by atoms with Gasteiger partial charge in [0, 0.05) is 5.69 Å². The van der Waals surface area contributed by atoms with Gasteiger partial charge < -0.3 is 5.32 Å². The maximum atomic E-state index is 12.6. The number of nitrogens with one attached hydrogen (secondary N) is 1. The number of anilines is 2. The van der Waals surface area contributed by atoms with Crippen LogP contribution in [0.25, 0.3) is 0 Å². The summed E-state index contributed by atoms with van der Waals surface area (Å²) in [5.41, 5.74) is 1.11. The Hall–Kier alpha value is -2.34. The van der Waals surface area contributed by atoms with Crippen molar-refractivity contribution in [3.63, 3.8) is 0 Å². The Kier molecular flexibility index (Phi) is 5.39. The van der Waals surface area contributed by atoms with Crippen molar-refractivity contribution in [2.45, 2.75) is 19.4 Å². The molecule has 0 bridgehead atoms. The summed E-state index contributed by atoms with van der Waals surface area (Å²) in [6.45, 7) is 1.79. The van der Waals surface area contributed by atoms with Crippen LogP contribution in [0.1, 0.15) is 13.3 Å². The Labute approximate surface area is 137 Å². The van der Waals surface area contributed by atoms with E-state index in [1.54, 1.807) is 49.4 Å². The molecule has 23 heavy (non-hydrogen) atoms. The fraction of sp³-hybridized carbons (Fsp3) is 0.235. The highest BCUT2D eigenvalue weighted by Crippen LogP contribution is 2.22. The standard InChI is InChI=1S/C17H20N2O3S/c1-3-16(17(20)18-14-10-6-4-7-11-14)19(23(2,21)22)15-12-8-5-9-13-15/h4-13,16H,3H2,1-2H3,(H,18,20)/t16-/m0/s1. The lowest BCUT2D eigenvalue weighted by Gasteiger charge is -2.30. The third-order valence-corrected chi connectivity index (χ3v) is 4.56. The van der Waals surface area contributed by atoms with E-state index in [0.717, 1.165) is 6.26 Å². The minimum Gasteiger partial charge on any atom is -0.324 e. The van der Waals surface area contributed by atoms with Crippen LogP contribution < -0.4 is 9.62 Å². The summed E-state index contributed by atoms with van der Waals surface area (Å²) in [5, 5.41) is 2.77. The number of carbonyl (C=O) groups excluding carboxylic acids is 1. The van der Waals surface area contributed by atoms with Crippen molar-refractivity contribution in [1.29, 1.82) is 0 Å². The highest BCUT2D eigenvalue weighted by atomic mass is 32.2. The van der Waals surface area contributed by atoms with E-state index in [4.69, 9.17) is 0 Å². The number of amides is 1. The fourth-order valence-corrected chi connectivity index (χ4v) is 3.59. The maximum Gasteiger partial charge on any atom is 0.248 e. The molecular weight excluding hydrogens is 312 g/mol. The van der Waals surface area contributed by atoms with Crippen molar-refractivity contribution < 1.29 is 13.2 Å². The first kappa shape index (κ1) is 17.0. The Morgan fingerprint density at radius 1 is 1.04 bits per heavy atom. The molecule has 2 aromatic rings. The first-order valence-corrected chi connectivity index (χ1v) is 9.18. The molecule has 2 rings (SSSR count). The molecule has 0 radical (unpaired) electrons. The number of rotatable bonds is 6. The van der Waals surface area contributed by atoms with E-state index in [9.17, 15) is 13.2 Å². The van der Waals surface area contributed by atoms with Crippen molar-refractivity contribution in [3.8, 4) is 0 Å². The van der Waals surface area contributed by atoms with Gasteiger partial charge in [0.15, 0.2) is 0 Å². The number of hydrogen-bond acceptors (Lipinski definition) is 3. The Morgan fingerprint density at radius 2 is 1.57 bits per heavy atom. The normalized spacial score (nSPS) is 12.4. The Bertz CT molecular complexity index is 746. The minimum absolute atomic E-state index is 0.354. The van der Waals surface area contributed by atoms with Gasteiger partial charge in [0.25, 0.3) is 0 Å². The van der Waals surface area contributed by atoms with Gasteiger partial charge in [-0.2, -0.15) is 0 Å². The molecule has 0 aromatic heterocycles. The van der Waals surface area contributed by atoms with E-state index in [0.29, 0.717) is 17.8 Å². The van der Waals surface area contributed by atoms with Gasteiger partial charge in [0.1, 0.15) is 6.04 Å². The molecule has 1 atom stereocenters. The quantitative estimate of drug-likeness (QED) is 0.884. The predicted molar refractivity (Wildman–Crippen MR) is 92.9 cm³/mol. The summed E-state index contributed by atoms with van der Waals surface area (Å²) >= 11 is 0. The SMILES string of the molecule is CC[C@@H](C(=O)Nc1ccccc1)N(c1ccccc1)S(C)(=O)=O. The number of benzene rings is 2. The lowest BCUT2D eigenvalue weighted by atomic mass is 10.2. The van der Waals surface area contributed by atoms with Crippen LogP contribution in [0, 0.1) is 0 Å². The molecule has 1 amide bonds. The van der Waals surface area contributed by atoms with Gasteiger partial charge >= 0.3 is 0 Å². The molecular formula is C17H20N2O3S.